The van der Waals surface area contributed by atoms with Crippen LogP contribution in [-0.4, -0.2) is 32.0 Å². The fraction of sp³-hybridized carbons (Fsp3) is 0.200. The molecule has 2 N–H and O–H groups in total. The van der Waals surface area contributed by atoms with Gasteiger partial charge >= 0.3 is 11.8 Å². The van der Waals surface area contributed by atoms with E-state index < -0.39 is 11.8 Å². The Kier molecular flexibility index (Phi) is 7.61. The number of carbonyl (C=O) groups is 2. The highest BCUT2D eigenvalue weighted by molar-refractivity contribution is 6.35. The van der Waals surface area contributed by atoms with Crippen LogP contribution in [0.3, 0.4) is 0 Å². The number of amides is 2. The molecule has 0 aliphatic carbocycles. The molecule has 5 nitrogen and oxygen atoms in total. The minimum atomic E-state index is -0.624. The molecule has 0 aromatic heterocycles. The van der Waals surface area contributed by atoms with Gasteiger partial charge in [-0.3, -0.25) is 9.59 Å². The van der Waals surface area contributed by atoms with Gasteiger partial charge in [0.1, 0.15) is 5.75 Å². The molecule has 0 fully saturated rings. The van der Waals surface area contributed by atoms with Gasteiger partial charge in [-0.15, -0.1) is 0 Å². The Morgan fingerprint density at radius 1 is 0.767 bits per heavy atom. The van der Waals surface area contributed by atoms with Crippen molar-refractivity contribution in [3.8, 4) is 5.75 Å². The maximum absolute atomic E-state index is 12.3. The summed E-state index contributed by atoms with van der Waals surface area (Å²) in [6.07, 6.45) is 0.639. The van der Waals surface area contributed by atoms with Crippen LogP contribution in [0.25, 0.3) is 0 Å². The molecule has 3 aromatic carbocycles. The maximum Gasteiger partial charge on any atom is 0.309 e. The Morgan fingerprint density at radius 3 is 1.83 bits per heavy atom. The fourth-order valence-corrected chi connectivity index (χ4v) is 3.27. The number of nitrogens with one attached hydrogen (secondary N) is 2. The Hall–Kier alpha value is -3.60. The lowest BCUT2D eigenvalue weighted by Crippen LogP contribution is -2.42. The first-order valence-electron chi connectivity index (χ1n) is 9.96. The van der Waals surface area contributed by atoms with Crippen molar-refractivity contribution in [2.24, 2.45) is 0 Å². The average Bonchev–Trinajstić information content (AvgIpc) is 2.81. The zero-order valence-corrected chi connectivity index (χ0v) is 17.0. The van der Waals surface area contributed by atoms with Crippen LogP contribution < -0.4 is 15.4 Å². The lowest BCUT2D eigenvalue weighted by atomic mass is 9.91. The van der Waals surface area contributed by atoms with Gasteiger partial charge in [-0.2, -0.15) is 0 Å². The van der Waals surface area contributed by atoms with Crippen LogP contribution in [0.2, 0.25) is 0 Å². The van der Waals surface area contributed by atoms with Gasteiger partial charge in [0.25, 0.3) is 0 Å². The summed E-state index contributed by atoms with van der Waals surface area (Å²) in [6.45, 7) is 0.734. The van der Waals surface area contributed by atoms with Crippen LogP contribution in [0.4, 0.5) is 0 Å². The second-order valence-corrected chi connectivity index (χ2v) is 6.94. The van der Waals surface area contributed by atoms with E-state index in [1.54, 1.807) is 7.11 Å². The molecule has 0 aliphatic rings. The minimum absolute atomic E-state index is 0.0246. The van der Waals surface area contributed by atoms with E-state index in [1.165, 1.54) is 0 Å². The third-order valence-electron chi connectivity index (χ3n) is 4.94. The van der Waals surface area contributed by atoms with Gasteiger partial charge in [0.15, 0.2) is 0 Å². The van der Waals surface area contributed by atoms with E-state index in [-0.39, 0.29) is 5.92 Å². The summed E-state index contributed by atoms with van der Waals surface area (Å²) in [5.74, 6) is -0.484. The number of benzene rings is 3. The van der Waals surface area contributed by atoms with Crippen molar-refractivity contribution in [3.63, 3.8) is 0 Å². The van der Waals surface area contributed by atoms with Gasteiger partial charge in [0.05, 0.1) is 7.11 Å². The molecular weight excluding hydrogens is 376 g/mol. The molecule has 5 heteroatoms. The summed E-state index contributed by atoms with van der Waals surface area (Å²) in [4.78, 5) is 24.5. The summed E-state index contributed by atoms with van der Waals surface area (Å²) in [5.41, 5.74) is 3.23. The van der Waals surface area contributed by atoms with E-state index in [4.69, 9.17) is 4.74 Å². The number of hydrogen-bond donors (Lipinski definition) is 2. The van der Waals surface area contributed by atoms with Crippen molar-refractivity contribution in [2.45, 2.75) is 12.3 Å². The van der Waals surface area contributed by atoms with E-state index in [0.717, 1.165) is 22.4 Å². The molecular formula is C25H26N2O3. The summed E-state index contributed by atoms with van der Waals surface area (Å²) in [5, 5.41) is 5.46. The Balaban J connectivity index is 1.52. The normalized spacial score (nSPS) is 10.5. The number of hydrogen-bond acceptors (Lipinski definition) is 3. The molecule has 0 radical (unpaired) electrons. The number of ether oxygens (including phenoxy) is 1. The second kappa shape index (κ2) is 10.8. The second-order valence-electron chi connectivity index (χ2n) is 6.94. The molecule has 0 spiro atoms. The molecule has 0 saturated carbocycles. The van der Waals surface area contributed by atoms with E-state index in [9.17, 15) is 9.59 Å². The SMILES string of the molecule is COc1ccc(CCNC(=O)C(=O)NCC(c2ccccc2)c2ccccc2)cc1. The van der Waals surface area contributed by atoms with Crippen molar-refractivity contribution in [1.29, 1.82) is 0 Å². The summed E-state index contributed by atoms with van der Waals surface area (Å²) in [7, 11) is 1.62. The minimum Gasteiger partial charge on any atom is -0.497 e. The van der Waals surface area contributed by atoms with Gasteiger partial charge in [-0.25, -0.2) is 0 Å². The maximum atomic E-state index is 12.3. The van der Waals surface area contributed by atoms with Gasteiger partial charge in [0, 0.05) is 19.0 Å². The van der Waals surface area contributed by atoms with Crippen molar-refractivity contribution in [1.82, 2.24) is 10.6 Å². The molecule has 154 valence electrons. The summed E-state index contributed by atoms with van der Waals surface area (Å²) < 4.78 is 5.13. The molecule has 30 heavy (non-hydrogen) atoms. The van der Waals surface area contributed by atoms with Crippen LogP contribution in [0, 0.1) is 0 Å². The quantitative estimate of drug-likeness (QED) is 0.568. The molecule has 3 rings (SSSR count). The van der Waals surface area contributed by atoms with Gasteiger partial charge in [-0.05, 0) is 35.2 Å². The first kappa shape index (κ1) is 21.1. The molecule has 2 amide bonds. The Morgan fingerprint density at radius 2 is 1.30 bits per heavy atom. The molecule has 3 aromatic rings. The lowest BCUT2D eigenvalue weighted by molar-refractivity contribution is -0.139. The Labute approximate surface area is 177 Å². The average molecular weight is 402 g/mol. The van der Waals surface area contributed by atoms with Gasteiger partial charge in [0.2, 0.25) is 0 Å². The molecule has 0 saturated heterocycles. The third kappa shape index (κ3) is 5.95. The molecule has 0 aliphatic heterocycles. The van der Waals surface area contributed by atoms with Crippen molar-refractivity contribution >= 4 is 11.8 Å². The highest BCUT2D eigenvalue weighted by Gasteiger charge is 2.18. The van der Waals surface area contributed by atoms with E-state index >= 15 is 0 Å². The lowest BCUT2D eigenvalue weighted by Gasteiger charge is -2.18. The summed E-state index contributed by atoms with van der Waals surface area (Å²) >= 11 is 0. The van der Waals surface area contributed by atoms with E-state index in [0.29, 0.717) is 19.5 Å². The molecule has 0 bridgehead atoms. The van der Waals surface area contributed by atoms with Crippen molar-refractivity contribution < 1.29 is 14.3 Å². The van der Waals surface area contributed by atoms with Crippen LogP contribution >= 0.6 is 0 Å². The predicted molar refractivity (Wildman–Crippen MR) is 117 cm³/mol. The van der Waals surface area contributed by atoms with Crippen molar-refractivity contribution in [2.75, 3.05) is 20.2 Å². The molecule has 0 unspecified atom stereocenters. The Bertz CT molecular complexity index is 902. The topological polar surface area (TPSA) is 67.4 Å². The monoisotopic (exact) mass is 402 g/mol. The first-order chi connectivity index (χ1) is 14.7. The molecule has 0 heterocycles. The number of methoxy groups -OCH3 is 1. The predicted octanol–water partition coefficient (Wildman–Crippen LogP) is 3.30. The zero-order valence-electron chi connectivity index (χ0n) is 17.0. The zero-order chi connectivity index (χ0) is 21.2. The smallest absolute Gasteiger partial charge is 0.309 e. The third-order valence-corrected chi connectivity index (χ3v) is 4.94. The first-order valence-corrected chi connectivity index (χ1v) is 9.96. The highest BCUT2D eigenvalue weighted by atomic mass is 16.5. The van der Waals surface area contributed by atoms with Crippen LogP contribution in [0.15, 0.2) is 84.9 Å². The van der Waals surface area contributed by atoms with E-state index in [2.05, 4.69) is 10.6 Å². The summed E-state index contributed by atoms with van der Waals surface area (Å²) in [6, 6.07) is 27.5. The van der Waals surface area contributed by atoms with Crippen LogP contribution in [0.1, 0.15) is 22.6 Å². The van der Waals surface area contributed by atoms with Crippen LogP contribution in [0.5, 0.6) is 5.75 Å². The van der Waals surface area contributed by atoms with Gasteiger partial charge in [-0.1, -0.05) is 72.8 Å². The number of rotatable bonds is 8. The highest BCUT2D eigenvalue weighted by Crippen LogP contribution is 2.23. The number of carbonyl (C=O) groups excluding carboxylic acids is 2. The van der Waals surface area contributed by atoms with Gasteiger partial charge < -0.3 is 15.4 Å². The van der Waals surface area contributed by atoms with Crippen molar-refractivity contribution in [3.05, 3.63) is 102 Å². The fourth-order valence-electron chi connectivity index (χ4n) is 3.27. The molecule has 0 atom stereocenters. The van der Waals surface area contributed by atoms with Crippen LogP contribution in [-0.2, 0) is 16.0 Å². The standard InChI is InChI=1S/C25H26N2O3/c1-30-22-14-12-19(13-15-22)16-17-26-24(28)25(29)27-18-23(20-8-4-2-5-9-20)21-10-6-3-7-11-21/h2-15,23H,16-18H2,1H3,(H,26,28)(H,27,29). The van der Waals surface area contributed by atoms with E-state index in [1.807, 2.05) is 84.9 Å². The largest absolute Gasteiger partial charge is 0.497 e.